The van der Waals surface area contributed by atoms with Gasteiger partial charge >= 0.3 is 5.97 Å². The van der Waals surface area contributed by atoms with Gasteiger partial charge < -0.3 is 20.5 Å². The number of nitrogens with one attached hydrogen (secondary N) is 2. The highest BCUT2D eigenvalue weighted by molar-refractivity contribution is 5.80. The third kappa shape index (κ3) is 4.27. The summed E-state index contributed by atoms with van der Waals surface area (Å²) in [6, 6.07) is 8.86. The molecule has 1 saturated heterocycles. The number of aliphatic carboxylic acids is 1. The highest BCUT2D eigenvalue weighted by Gasteiger charge is 2.33. The van der Waals surface area contributed by atoms with Gasteiger partial charge in [-0.25, -0.2) is 0 Å². The molecular weight excluding hydrogens is 272 g/mol. The molecule has 6 heteroatoms. The van der Waals surface area contributed by atoms with Gasteiger partial charge in [-0.1, -0.05) is 30.3 Å². The fraction of sp³-hybridized carbons (Fsp3) is 0.467. The summed E-state index contributed by atoms with van der Waals surface area (Å²) in [7, 11) is 0. The van der Waals surface area contributed by atoms with Crippen molar-refractivity contribution in [1.82, 2.24) is 10.6 Å². The summed E-state index contributed by atoms with van der Waals surface area (Å²) in [5.41, 5.74) is 0.379. The van der Waals surface area contributed by atoms with Crippen LogP contribution < -0.4 is 10.6 Å². The molecule has 0 aromatic heterocycles. The summed E-state index contributed by atoms with van der Waals surface area (Å²) >= 11 is 0. The fourth-order valence-corrected chi connectivity index (χ4v) is 2.12. The van der Waals surface area contributed by atoms with Crippen molar-refractivity contribution in [3.8, 4) is 0 Å². The Labute approximate surface area is 123 Å². The number of benzene rings is 1. The van der Waals surface area contributed by atoms with Crippen LogP contribution >= 0.6 is 0 Å². The maximum Gasteiger partial charge on any atom is 0.312 e. The first-order valence-electron chi connectivity index (χ1n) is 6.89. The molecule has 0 spiro atoms. The third-order valence-corrected chi connectivity index (χ3v) is 3.55. The second kappa shape index (κ2) is 6.69. The highest BCUT2D eigenvalue weighted by atomic mass is 16.5. The van der Waals surface area contributed by atoms with E-state index in [-0.39, 0.29) is 24.7 Å². The van der Waals surface area contributed by atoms with Gasteiger partial charge in [-0.15, -0.1) is 0 Å². The molecule has 1 fully saturated rings. The molecule has 21 heavy (non-hydrogen) atoms. The number of hydrogen-bond acceptors (Lipinski definition) is 4. The Morgan fingerprint density at radius 3 is 2.57 bits per heavy atom. The Bertz CT molecular complexity index is 500. The summed E-state index contributed by atoms with van der Waals surface area (Å²) < 4.78 is 5.50. The summed E-state index contributed by atoms with van der Waals surface area (Å²) in [6.07, 6.45) is 0. The van der Waals surface area contributed by atoms with Crippen molar-refractivity contribution < 1.29 is 19.4 Å². The highest BCUT2D eigenvalue weighted by Crippen LogP contribution is 2.16. The van der Waals surface area contributed by atoms with Crippen LogP contribution in [0.2, 0.25) is 0 Å². The summed E-state index contributed by atoms with van der Waals surface area (Å²) in [4.78, 5) is 23.0. The molecule has 0 saturated carbocycles. The van der Waals surface area contributed by atoms with E-state index in [1.54, 1.807) is 24.3 Å². The van der Waals surface area contributed by atoms with Crippen molar-refractivity contribution in [2.75, 3.05) is 26.2 Å². The number of rotatable bonds is 7. The molecule has 3 N–H and O–H groups in total. The van der Waals surface area contributed by atoms with Gasteiger partial charge in [0.15, 0.2) is 0 Å². The van der Waals surface area contributed by atoms with Crippen LogP contribution in [-0.4, -0.2) is 48.8 Å². The quantitative estimate of drug-likeness (QED) is 0.675. The van der Waals surface area contributed by atoms with Gasteiger partial charge in [0.2, 0.25) is 5.91 Å². The Morgan fingerprint density at radius 1 is 1.38 bits per heavy atom. The number of carbonyl (C=O) groups is 2. The number of carboxylic acid groups (broad SMARTS) is 1. The number of carbonyl (C=O) groups excluding carboxylic acids is 1. The van der Waals surface area contributed by atoms with E-state index in [0.29, 0.717) is 5.56 Å². The van der Waals surface area contributed by atoms with E-state index in [0.717, 1.165) is 13.1 Å². The molecule has 1 unspecified atom stereocenters. The van der Waals surface area contributed by atoms with Crippen molar-refractivity contribution >= 4 is 11.9 Å². The van der Waals surface area contributed by atoms with Crippen LogP contribution in [0.3, 0.4) is 0 Å². The molecule has 1 aliphatic rings. The molecule has 0 bridgehead atoms. The molecule has 1 heterocycles. The summed E-state index contributed by atoms with van der Waals surface area (Å²) in [5.74, 6) is -2.01. The van der Waals surface area contributed by atoms with Crippen LogP contribution in [-0.2, 0) is 14.3 Å². The number of hydrogen-bond donors (Lipinski definition) is 3. The molecule has 6 nitrogen and oxygen atoms in total. The topological polar surface area (TPSA) is 87.7 Å². The number of amides is 1. The van der Waals surface area contributed by atoms with Gasteiger partial charge in [-0.3, -0.25) is 9.59 Å². The van der Waals surface area contributed by atoms with Crippen LogP contribution in [0, 0.1) is 0 Å². The van der Waals surface area contributed by atoms with Gasteiger partial charge in [-0.05, 0) is 12.5 Å². The van der Waals surface area contributed by atoms with E-state index in [4.69, 9.17) is 4.74 Å². The van der Waals surface area contributed by atoms with Crippen LogP contribution in [0.5, 0.6) is 0 Å². The zero-order valence-electron chi connectivity index (χ0n) is 12.0. The summed E-state index contributed by atoms with van der Waals surface area (Å²) in [5, 5.41) is 15.0. The first-order valence-corrected chi connectivity index (χ1v) is 6.89. The SMILES string of the molecule is CC1(OCC(=O)NCC(C(=O)O)c2ccccc2)CNC1. The second-order valence-corrected chi connectivity index (χ2v) is 5.45. The lowest BCUT2D eigenvalue weighted by Gasteiger charge is -2.38. The van der Waals surface area contributed by atoms with E-state index in [2.05, 4.69) is 10.6 Å². The van der Waals surface area contributed by atoms with Crippen molar-refractivity contribution in [1.29, 1.82) is 0 Å². The predicted molar refractivity (Wildman–Crippen MR) is 77.1 cm³/mol. The molecule has 1 aliphatic heterocycles. The van der Waals surface area contributed by atoms with Gasteiger partial charge in [0.25, 0.3) is 0 Å². The fourth-order valence-electron chi connectivity index (χ4n) is 2.12. The summed E-state index contributed by atoms with van der Waals surface area (Å²) in [6.45, 7) is 3.38. The van der Waals surface area contributed by atoms with Crippen LogP contribution in [0.25, 0.3) is 0 Å². The minimum atomic E-state index is -0.961. The molecule has 0 radical (unpaired) electrons. The van der Waals surface area contributed by atoms with E-state index < -0.39 is 11.9 Å². The van der Waals surface area contributed by atoms with Gasteiger partial charge in [0.1, 0.15) is 6.61 Å². The molecule has 1 amide bonds. The zero-order valence-corrected chi connectivity index (χ0v) is 12.0. The van der Waals surface area contributed by atoms with Crippen molar-refractivity contribution in [3.05, 3.63) is 35.9 Å². The Morgan fingerprint density at radius 2 is 2.05 bits per heavy atom. The van der Waals surface area contributed by atoms with Crippen molar-refractivity contribution in [2.45, 2.75) is 18.4 Å². The van der Waals surface area contributed by atoms with Gasteiger partial charge in [0.05, 0.1) is 11.5 Å². The maximum atomic E-state index is 11.7. The zero-order chi connectivity index (χ0) is 15.3. The van der Waals surface area contributed by atoms with Crippen molar-refractivity contribution in [2.24, 2.45) is 0 Å². The second-order valence-electron chi connectivity index (χ2n) is 5.45. The standard InChI is InChI=1S/C15H20N2O4/c1-15(9-16-10-15)21-8-13(18)17-7-12(14(19)20)11-5-3-2-4-6-11/h2-6,12,16H,7-10H2,1H3,(H,17,18)(H,19,20). The van der Waals surface area contributed by atoms with E-state index >= 15 is 0 Å². The molecule has 1 atom stereocenters. The molecule has 114 valence electrons. The first kappa shape index (κ1) is 15.5. The Hall–Kier alpha value is -1.92. The largest absolute Gasteiger partial charge is 0.481 e. The number of ether oxygens (including phenoxy) is 1. The molecule has 2 rings (SSSR count). The monoisotopic (exact) mass is 292 g/mol. The van der Waals surface area contributed by atoms with Crippen LogP contribution in [0.4, 0.5) is 0 Å². The van der Waals surface area contributed by atoms with Crippen LogP contribution in [0.1, 0.15) is 18.4 Å². The predicted octanol–water partition coefficient (Wildman–Crippen LogP) is 0.350. The molecule has 1 aromatic rings. The lowest BCUT2D eigenvalue weighted by Crippen LogP contribution is -2.59. The van der Waals surface area contributed by atoms with E-state index in [1.165, 1.54) is 0 Å². The lowest BCUT2D eigenvalue weighted by atomic mass is 9.99. The van der Waals surface area contributed by atoms with Gasteiger partial charge in [0, 0.05) is 19.6 Å². The lowest BCUT2D eigenvalue weighted by molar-refractivity contribution is -0.139. The van der Waals surface area contributed by atoms with E-state index in [9.17, 15) is 14.7 Å². The van der Waals surface area contributed by atoms with Crippen molar-refractivity contribution in [3.63, 3.8) is 0 Å². The minimum Gasteiger partial charge on any atom is -0.481 e. The Balaban J connectivity index is 1.81. The first-order chi connectivity index (χ1) is 10.0. The normalized spacial score (nSPS) is 17.6. The maximum absolute atomic E-state index is 11.7. The molecule has 1 aromatic carbocycles. The average molecular weight is 292 g/mol. The van der Waals surface area contributed by atoms with E-state index in [1.807, 2.05) is 13.0 Å². The smallest absolute Gasteiger partial charge is 0.312 e. The van der Waals surface area contributed by atoms with Crippen LogP contribution in [0.15, 0.2) is 30.3 Å². The van der Waals surface area contributed by atoms with Gasteiger partial charge in [-0.2, -0.15) is 0 Å². The minimum absolute atomic E-state index is 0.0521. The third-order valence-electron chi connectivity index (χ3n) is 3.55. The molecule has 0 aliphatic carbocycles. The molecular formula is C15H20N2O4. The Kier molecular flexibility index (Phi) is 4.93. The number of carboxylic acids is 1. The average Bonchev–Trinajstić information content (AvgIpc) is 2.44.